The van der Waals surface area contributed by atoms with Crippen LogP contribution in [0.3, 0.4) is 0 Å². The molecule has 1 aromatic rings. The summed E-state index contributed by atoms with van der Waals surface area (Å²) in [5.74, 6) is 0.0853. The molecule has 1 saturated heterocycles. The molecular weight excluding hydrogens is 300 g/mol. The number of methoxy groups -OCH3 is 1. The minimum absolute atomic E-state index is 0. The summed E-state index contributed by atoms with van der Waals surface area (Å²) in [6.07, 6.45) is 0.136. The topological polar surface area (TPSA) is 64.8 Å². The quantitative estimate of drug-likeness (QED) is 0.891. The van der Waals surface area contributed by atoms with Gasteiger partial charge in [0.05, 0.1) is 25.7 Å². The van der Waals surface area contributed by atoms with E-state index in [0.717, 1.165) is 0 Å². The molecule has 7 heteroatoms. The zero-order chi connectivity index (χ0) is 13.7. The van der Waals surface area contributed by atoms with Gasteiger partial charge in [-0.1, -0.05) is 6.07 Å². The molecule has 0 bridgehead atoms. The Morgan fingerprint density at radius 3 is 3.10 bits per heavy atom. The predicted octanol–water partition coefficient (Wildman–Crippen LogP) is 1.43. The molecule has 1 aromatic heterocycles. The molecule has 2 atom stereocenters. The van der Waals surface area contributed by atoms with Gasteiger partial charge < -0.3 is 20.1 Å². The molecule has 0 aromatic carbocycles. The van der Waals surface area contributed by atoms with Gasteiger partial charge in [0.25, 0.3) is 0 Å². The van der Waals surface area contributed by atoms with Gasteiger partial charge in [-0.3, -0.25) is 4.79 Å². The number of hydrogen-bond acceptors (Lipinski definition) is 5. The fourth-order valence-electron chi connectivity index (χ4n) is 2.11. The van der Waals surface area contributed by atoms with Gasteiger partial charge in [-0.25, -0.2) is 0 Å². The van der Waals surface area contributed by atoms with E-state index in [0.29, 0.717) is 32.7 Å². The Kier molecular flexibility index (Phi) is 7.47. The number of thiophene rings is 1. The van der Waals surface area contributed by atoms with Crippen LogP contribution in [0.15, 0.2) is 17.5 Å². The second-order valence-corrected chi connectivity index (χ2v) is 5.49. The fraction of sp³-hybridized carbons (Fsp3) is 0.615. The highest BCUT2D eigenvalue weighted by atomic mass is 35.5. The minimum Gasteiger partial charge on any atom is -0.380 e. The summed E-state index contributed by atoms with van der Waals surface area (Å²) in [5.41, 5.74) is 5.55. The van der Waals surface area contributed by atoms with Gasteiger partial charge in [0.15, 0.2) is 0 Å². The Morgan fingerprint density at radius 2 is 2.50 bits per heavy atom. The first-order chi connectivity index (χ1) is 9.24. The fourth-order valence-corrected chi connectivity index (χ4v) is 2.87. The van der Waals surface area contributed by atoms with Crippen molar-refractivity contribution in [2.45, 2.75) is 18.6 Å². The predicted molar refractivity (Wildman–Crippen MR) is 81.3 cm³/mol. The van der Waals surface area contributed by atoms with Crippen LogP contribution in [0.4, 0.5) is 0 Å². The summed E-state index contributed by atoms with van der Waals surface area (Å²) in [4.78, 5) is 15.2. The maximum atomic E-state index is 12.2. The lowest BCUT2D eigenvalue weighted by Crippen LogP contribution is -2.44. The van der Waals surface area contributed by atoms with E-state index in [-0.39, 0.29) is 30.5 Å². The van der Waals surface area contributed by atoms with Crippen molar-refractivity contribution in [3.8, 4) is 0 Å². The van der Waals surface area contributed by atoms with E-state index in [1.807, 2.05) is 22.4 Å². The molecule has 1 fully saturated rings. The molecule has 0 radical (unpaired) electrons. The van der Waals surface area contributed by atoms with E-state index >= 15 is 0 Å². The number of rotatable bonds is 5. The molecule has 5 nitrogen and oxygen atoms in total. The smallest absolute Gasteiger partial charge is 0.225 e. The van der Waals surface area contributed by atoms with E-state index in [1.54, 1.807) is 18.4 Å². The lowest BCUT2D eigenvalue weighted by Gasteiger charge is -2.33. The van der Waals surface area contributed by atoms with Crippen LogP contribution < -0.4 is 5.73 Å². The lowest BCUT2D eigenvalue weighted by atomic mass is 10.2. The van der Waals surface area contributed by atoms with E-state index in [2.05, 4.69) is 0 Å². The number of nitrogens with zero attached hydrogens (tertiary/aromatic N) is 1. The molecule has 20 heavy (non-hydrogen) atoms. The summed E-state index contributed by atoms with van der Waals surface area (Å²) in [7, 11) is 1.58. The molecule has 1 aliphatic heterocycles. The van der Waals surface area contributed by atoms with Gasteiger partial charge >= 0.3 is 0 Å². The number of nitrogens with two attached hydrogens (primary N) is 1. The molecule has 0 saturated carbocycles. The lowest BCUT2D eigenvalue weighted by molar-refractivity contribution is -0.141. The van der Waals surface area contributed by atoms with Crippen LogP contribution >= 0.6 is 23.7 Å². The average Bonchev–Trinajstić information content (AvgIpc) is 2.99. The van der Waals surface area contributed by atoms with Crippen molar-refractivity contribution >= 4 is 29.7 Å². The highest BCUT2D eigenvalue weighted by Crippen LogP contribution is 2.26. The molecule has 0 aliphatic carbocycles. The van der Waals surface area contributed by atoms with Crippen molar-refractivity contribution in [2.24, 2.45) is 5.73 Å². The van der Waals surface area contributed by atoms with Gasteiger partial charge in [0.1, 0.15) is 6.10 Å². The normalized spacial score (nSPS) is 20.3. The number of carbonyl (C=O) groups is 1. The number of hydrogen-bond donors (Lipinski definition) is 1. The minimum atomic E-state index is -0.199. The Bertz CT molecular complexity index is 398. The van der Waals surface area contributed by atoms with E-state index < -0.39 is 0 Å². The Morgan fingerprint density at radius 1 is 1.70 bits per heavy atom. The molecule has 2 unspecified atom stereocenters. The highest BCUT2D eigenvalue weighted by Gasteiger charge is 2.27. The first kappa shape index (κ1) is 17.4. The van der Waals surface area contributed by atoms with Crippen LogP contribution in [0.1, 0.15) is 17.4 Å². The van der Waals surface area contributed by atoms with Crippen LogP contribution in [0.5, 0.6) is 0 Å². The van der Waals surface area contributed by atoms with Gasteiger partial charge in [-0.2, -0.15) is 0 Å². The maximum absolute atomic E-state index is 12.2. The summed E-state index contributed by atoms with van der Waals surface area (Å²) in [6.45, 7) is 2.19. The van der Waals surface area contributed by atoms with Crippen LogP contribution in [0, 0.1) is 0 Å². The standard InChI is InChI=1S/C13H20N2O3S.ClH/c1-17-10(8-14)7-13(16)15-4-5-18-11(9-15)12-3-2-6-19-12;/h2-3,6,10-11H,4-5,7-9,14H2,1H3;1H. The maximum Gasteiger partial charge on any atom is 0.225 e. The van der Waals surface area contributed by atoms with Gasteiger partial charge in [0.2, 0.25) is 5.91 Å². The van der Waals surface area contributed by atoms with Crippen molar-refractivity contribution in [3.63, 3.8) is 0 Å². The summed E-state index contributed by atoms with van der Waals surface area (Å²) in [5, 5.41) is 2.02. The van der Waals surface area contributed by atoms with Crippen molar-refractivity contribution in [3.05, 3.63) is 22.4 Å². The molecule has 114 valence electrons. The average molecular weight is 321 g/mol. The molecule has 2 N–H and O–H groups in total. The molecule has 0 spiro atoms. The molecule has 2 rings (SSSR count). The van der Waals surface area contributed by atoms with Gasteiger partial charge in [0, 0.05) is 25.1 Å². The van der Waals surface area contributed by atoms with Gasteiger partial charge in [-0.15, -0.1) is 23.7 Å². The van der Waals surface area contributed by atoms with Crippen molar-refractivity contribution in [1.82, 2.24) is 4.90 Å². The second-order valence-electron chi connectivity index (χ2n) is 4.51. The Hall–Kier alpha value is -0.660. The Labute approximate surface area is 129 Å². The molecule has 1 amide bonds. The van der Waals surface area contributed by atoms with E-state index in [4.69, 9.17) is 15.2 Å². The van der Waals surface area contributed by atoms with Gasteiger partial charge in [-0.05, 0) is 11.4 Å². The SMILES string of the molecule is COC(CN)CC(=O)N1CCOC(c2cccs2)C1.Cl. The first-order valence-corrected chi connectivity index (χ1v) is 7.28. The monoisotopic (exact) mass is 320 g/mol. The number of ether oxygens (including phenoxy) is 2. The second kappa shape index (κ2) is 8.59. The molecular formula is C13H21ClN2O3S. The van der Waals surface area contributed by atoms with Crippen LogP contribution in [-0.2, 0) is 14.3 Å². The van der Waals surface area contributed by atoms with Crippen molar-refractivity contribution in [2.75, 3.05) is 33.4 Å². The zero-order valence-electron chi connectivity index (χ0n) is 11.5. The Balaban J connectivity index is 0.00000200. The van der Waals surface area contributed by atoms with Crippen LogP contribution in [0.25, 0.3) is 0 Å². The third kappa shape index (κ3) is 4.43. The largest absolute Gasteiger partial charge is 0.380 e. The highest BCUT2D eigenvalue weighted by molar-refractivity contribution is 7.10. The molecule has 2 heterocycles. The van der Waals surface area contributed by atoms with E-state index in [9.17, 15) is 4.79 Å². The van der Waals surface area contributed by atoms with Crippen molar-refractivity contribution < 1.29 is 14.3 Å². The van der Waals surface area contributed by atoms with Crippen molar-refractivity contribution in [1.29, 1.82) is 0 Å². The van der Waals surface area contributed by atoms with Crippen LogP contribution in [-0.4, -0.2) is 50.3 Å². The summed E-state index contributed by atoms with van der Waals surface area (Å²) in [6, 6.07) is 4.04. The summed E-state index contributed by atoms with van der Waals surface area (Å²) >= 11 is 1.66. The number of halogens is 1. The number of carbonyl (C=O) groups excluding carboxylic acids is 1. The third-order valence-corrected chi connectivity index (χ3v) is 4.24. The zero-order valence-corrected chi connectivity index (χ0v) is 13.1. The number of morpholine rings is 1. The number of amides is 1. The summed E-state index contributed by atoms with van der Waals surface area (Å²) < 4.78 is 10.9. The first-order valence-electron chi connectivity index (χ1n) is 6.40. The van der Waals surface area contributed by atoms with E-state index in [1.165, 1.54) is 4.88 Å². The molecule has 1 aliphatic rings. The van der Waals surface area contributed by atoms with Crippen LogP contribution in [0.2, 0.25) is 0 Å². The third-order valence-electron chi connectivity index (χ3n) is 3.28.